The van der Waals surface area contributed by atoms with Crippen LogP contribution in [0.1, 0.15) is 31.7 Å². The Kier molecular flexibility index (Phi) is 5.06. The van der Waals surface area contributed by atoms with Crippen LogP contribution < -0.4 is 5.32 Å². The van der Waals surface area contributed by atoms with Crippen LogP contribution in [0.25, 0.3) is 0 Å². The zero-order valence-corrected chi connectivity index (χ0v) is 12.7. The van der Waals surface area contributed by atoms with Crippen molar-refractivity contribution < 1.29 is 9.59 Å². The SMILES string of the molecule is CC(C)c1ccccc1NC(=O)CCN1CCSC1=O. The molecule has 1 N–H and O–H groups in total. The maximum absolute atomic E-state index is 12.0. The highest BCUT2D eigenvalue weighted by atomic mass is 32.2. The van der Waals surface area contributed by atoms with E-state index in [2.05, 4.69) is 19.2 Å². The lowest BCUT2D eigenvalue weighted by Crippen LogP contribution is -2.27. The Morgan fingerprint density at radius 3 is 2.80 bits per heavy atom. The van der Waals surface area contributed by atoms with Crippen molar-refractivity contribution in [3.63, 3.8) is 0 Å². The monoisotopic (exact) mass is 292 g/mol. The molecule has 1 fully saturated rings. The third-order valence-corrected chi connectivity index (χ3v) is 4.20. The molecule has 2 rings (SSSR count). The van der Waals surface area contributed by atoms with Crippen LogP contribution in [0.4, 0.5) is 10.5 Å². The minimum absolute atomic E-state index is 0.0391. The highest BCUT2D eigenvalue weighted by molar-refractivity contribution is 8.13. The van der Waals surface area contributed by atoms with Gasteiger partial charge in [-0.3, -0.25) is 9.59 Å². The summed E-state index contributed by atoms with van der Waals surface area (Å²) < 4.78 is 0. The molecule has 0 saturated carbocycles. The van der Waals surface area contributed by atoms with E-state index < -0.39 is 0 Å². The summed E-state index contributed by atoms with van der Waals surface area (Å²) in [5, 5.41) is 3.03. The van der Waals surface area contributed by atoms with Gasteiger partial charge in [0.15, 0.2) is 0 Å². The lowest BCUT2D eigenvalue weighted by atomic mass is 10.0. The third-order valence-electron chi connectivity index (χ3n) is 3.31. The third kappa shape index (κ3) is 3.76. The Morgan fingerprint density at radius 1 is 1.40 bits per heavy atom. The van der Waals surface area contributed by atoms with Crippen molar-refractivity contribution in [2.45, 2.75) is 26.2 Å². The minimum Gasteiger partial charge on any atom is -0.332 e. The predicted octanol–water partition coefficient (Wildman–Crippen LogP) is 3.31. The number of thioether (sulfide) groups is 1. The first-order valence-electron chi connectivity index (χ1n) is 6.88. The fourth-order valence-electron chi connectivity index (χ4n) is 2.19. The van der Waals surface area contributed by atoms with E-state index in [9.17, 15) is 9.59 Å². The summed E-state index contributed by atoms with van der Waals surface area (Å²) in [5.74, 6) is 1.15. The average Bonchev–Trinajstić information content (AvgIpc) is 2.82. The molecule has 1 aromatic rings. The van der Waals surface area contributed by atoms with Gasteiger partial charge in [-0.2, -0.15) is 0 Å². The van der Waals surface area contributed by atoms with E-state index in [0.29, 0.717) is 18.9 Å². The molecule has 1 aromatic carbocycles. The Bertz CT molecular complexity index is 502. The standard InChI is InChI=1S/C15H20N2O2S/c1-11(2)12-5-3-4-6-13(12)16-14(18)7-8-17-9-10-20-15(17)19/h3-6,11H,7-10H2,1-2H3,(H,16,18). The second-order valence-electron chi connectivity index (χ2n) is 5.14. The molecule has 0 radical (unpaired) electrons. The van der Waals surface area contributed by atoms with Crippen LogP contribution in [0.2, 0.25) is 0 Å². The molecule has 0 atom stereocenters. The number of hydrogen-bond donors (Lipinski definition) is 1. The van der Waals surface area contributed by atoms with Gasteiger partial charge < -0.3 is 10.2 Å². The van der Waals surface area contributed by atoms with Gasteiger partial charge in [0.25, 0.3) is 5.24 Å². The van der Waals surface area contributed by atoms with E-state index in [1.807, 2.05) is 24.3 Å². The topological polar surface area (TPSA) is 49.4 Å². The Labute approximate surface area is 123 Å². The summed E-state index contributed by atoms with van der Waals surface area (Å²) in [5.41, 5.74) is 2.00. The van der Waals surface area contributed by atoms with Crippen molar-refractivity contribution in [1.29, 1.82) is 0 Å². The smallest absolute Gasteiger partial charge is 0.281 e. The number of nitrogens with zero attached hydrogens (tertiary/aromatic N) is 1. The quantitative estimate of drug-likeness (QED) is 0.906. The second kappa shape index (κ2) is 6.79. The number of carbonyl (C=O) groups is 2. The lowest BCUT2D eigenvalue weighted by molar-refractivity contribution is -0.116. The van der Waals surface area contributed by atoms with Crippen molar-refractivity contribution in [2.24, 2.45) is 0 Å². The molecule has 20 heavy (non-hydrogen) atoms. The number of para-hydroxylation sites is 1. The second-order valence-corrected chi connectivity index (χ2v) is 6.19. The van der Waals surface area contributed by atoms with Crippen molar-refractivity contribution in [1.82, 2.24) is 4.90 Å². The largest absolute Gasteiger partial charge is 0.332 e. The number of rotatable bonds is 5. The highest BCUT2D eigenvalue weighted by Crippen LogP contribution is 2.24. The van der Waals surface area contributed by atoms with Crippen LogP contribution in [0.15, 0.2) is 24.3 Å². The van der Waals surface area contributed by atoms with Crippen LogP contribution in [-0.2, 0) is 4.79 Å². The predicted molar refractivity (Wildman–Crippen MR) is 83.2 cm³/mol. The van der Waals surface area contributed by atoms with E-state index in [1.54, 1.807) is 4.90 Å². The number of amides is 2. The Hall–Kier alpha value is -1.49. The van der Waals surface area contributed by atoms with Crippen molar-refractivity contribution in [2.75, 3.05) is 24.2 Å². The van der Waals surface area contributed by atoms with Crippen LogP contribution in [0.5, 0.6) is 0 Å². The van der Waals surface area contributed by atoms with Gasteiger partial charge in [0, 0.05) is 31.0 Å². The van der Waals surface area contributed by atoms with E-state index >= 15 is 0 Å². The molecule has 5 heteroatoms. The first-order valence-corrected chi connectivity index (χ1v) is 7.87. The number of carbonyl (C=O) groups excluding carboxylic acids is 2. The number of nitrogens with one attached hydrogen (secondary N) is 1. The summed E-state index contributed by atoms with van der Waals surface area (Å²) in [6.45, 7) is 5.46. The van der Waals surface area contributed by atoms with Gasteiger partial charge in [-0.1, -0.05) is 43.8 Å². The number of anilines is 1. The molecule has 1 saturated heterocycles. The van der Waals surface area contributed by atoms with Crippen LogP contribution in [-0.4, -0.2) is 34.9 Å². The molecule has 108 valence electrons. The molecule has 1 aliphatic heterocycles. The molecular formula is C15H20N2O2S. The van der Waals surface area contributed by atoms with Gasteiger partial charge in [0.05, 0.1) is 0 Å². The summed E-state index contributed by atoms with van der Waals surface area (Å²) in [6, 6.07) is 7.85. The molecule has 0 bridgehead atoms. The molecule has 1 aliphatic rings. The zero-order chi connectivity index (χ0) is 14.5. The number of hydrogen-bond acceptors (Lipinski definition) is 3. The maximum atomic E-state index is 12.0. The van der Waals surface area contributed by atoms with Crippen molar-refractivity contribution >= 4 is 28.6 Å². The summed E-state index contributed by atoms with van der Waals surface area (Å²) >= 11 is 1.32. The fourth-order valence-corrected chi connectivity index (χ4v) is 3.04. The van der Waals surface area contributed by atoms with Gasteiger partial charge in [-0.15, -0.1) is 0 Å². The first kappa shape index (κ1) is 14.9. The van der Waals surface area contributed by atoms with Crippen LogP contribution >= 0.6 is 11.8 Å². The summed E-state index contributed by atoms with van der Waals surface area (Å²) in [7, 11) is 0. The highest BCUT2D eigenvalue weighted by Gasteiger charge is 2.21. The lowest BCUT2D eigenvalue weighted by Gasteiger charge is -2.16. The average molecular weight is 292 g/mol. The molecular weight excluding hydrogens is 272 g/mol. The van der Waals surface area contributed by atoms with E-state index in [-0.39, 0.29) is 11.1 Å². The molecule has 4 nitrogen and oxygen atoms in total. The Balaban J connectivity index is 1.90. The molecule has 1 heterocycles. The molecule has 0 aromatic heterocycles. The van der Waals surface area contributed by atoms with E-state index in [1.165, 1.54) is 11.8 Å². The normalized spacial score (nSPS) is 14.9. The van der Waals surface area contributed by atoms with E-state index in [0.717, 1.165) is 23.5 Å². The number of benzene rings is 1. The molecule has 0 unspecified atom stereocenters. The van der Waals surface area contributed by atoms with Gasteiger partial charge >= 0.3 is 0 Å². The zero-order valence-electron chi connectivity index (χ0n) is 11.9. The van der Waals surface area contributed by atoms with E-state index in [4.69, 9.17) is 0 Å². The van der Waals surface area contributed by atoms with Crippen molar-refractivity contribution in [3.05, 3.63) is 29.8 Å². The van der Waals surface area contributed by atoms with Gasteiger partial charge in [0.2, 0.25) is 5.91 Å². The molecule has 0 spiro atoms. The maximum Gasteiger partial charge on any atom is 0.281 e. The Morgan fingerprint density at radius 2 is 2.15 bits per heavy atom. The summed E-state index contributed by atoms with van der Waals surface area (Å²) in [4.78, 5) is 25.2. The summed E-state index contributed by atoms with van der Waals surface area (Å²) in [6.07, 6.45) is 0.346. The van der Waals surface area contributed by atoms with Crippen LogP contribution in [0.3, 0.4) is 0 Å². The van der Waals surface area contributed by atoms with Gasteiger partial charge in [0.1, 0.15) is 0 Å². The van der Waals surface area contributed by atoms with Crippen molar-refractivity contribution in [3.8, 4) is 0 Å². The van der Waals surface area contributed by atoms with Gasteiger partial charge in [-0.25, -0.2) is 0 Å². The first-order chi connectivity index (χ1) is 9.58. The fraction of sp³-hybridized carbons (Fsp3) is 0.467. The van der Waals surface area contributed by atoms with Crippen LogP contribution in [0, 0.1) is 0 Å². The molecule has 0 aliphatic carbocycles. The molecule has 2 amide bonds. The minimum atomic E-state index is -0.0391. The van der Waals surface area contributed by atoms with Gasteiger partial charge in [-0.05, 0) is 17.5 Å².